The van der Waals surface area contributed by atoms with E-state index in [1.54, 1.807) is 0 Å². The average molecular weight is 229 g/mol. The smallest absolute Gasteiger partial charge is 0.0577 e. The van der Waals surface area contributed by atoms with Gasteiger partial charge in [0.1, 0.15) is 0 Å². The highest BCUT2D eigenvalue weighted by Crippen LogP contribution is 2.25. The van der Waals surface area contributed by atoms with Gasteiger partial charge in [0.15, 0.2) is 0 Å². The Morgan fingerprint density at radius 2 is 1.69 bits per heavy atom. The minimum absolute atomic E-state index is 0.00604. The van der Waals surface area contributed by atoms with E-state index in [1.807, 2.05) is 6.92 Å². The van der Waals surface area contributed by atoms with Gasteiger partial charge in [0, 0.05) is 18.0 Å². The fourth-order valence-electron chi connectivity index (χ4n) is 1.66. The minimum atomic E-state index is -0.248. The Hall–Kier alpha value is -0.0800. The van der Waals surface area contributed by atoms with Crippen LogP contribution in [0.1, 0.15) is 60.8 Å². The van der Waals surface area contributed by atoms with Crippen molar-refractivity contribution in [1.82, 2.24) is 5.32 Å². The van der Waals surface area contributed by atoms with E-state index in [1.165, 1.54) is 12.8 Å². The van der Waals surface area contributed by atoms with Crippen molar-refractivity contribution in [2.75, 3.05) is 6.54 Å². The molecule has 0 spiro atoms. The molecule has 2 N–H and O–H groups in total. The monoisotopic (exact) mass is 229 g/mol. The van der Waals surface area contributed by atoms with Gasteiger partial charge in [-0.05, 0) is 39.0 Å². The number of nitrogens with one attached hydrogen (secondary N) is 1. The van der Waals surface area contributed by atoms with E-state index < -0.39 is 0 Å². The molecule has 3 atom stereocenters. The summed E-state index contributed by atoms with van der Waals surface area (Å²) < 4.78 is 0. The van der Waals surface area contributed by atoms with Crippen LogP contribution in [0, 0.1) is 11.3 Å². The summed E-state index contributed by atoms with van der Waals surface area (Å²) in [4.78, 5) is 0. The zero-order chi connectivity index (χ0) is 12.8. The Bertz CT molecular complexity index is 180. The standard InChI is InChI=1S/C14H31NO/c1-7-14(6,13(5)16)10-15-12(4)9-8-11(2)3/h11-13,15-16H,7-10H2,1-6H3. The van der Waals surface area contributed by atoms with Crippen molar-refractivity contribution in [3.05, 3.63) is 0 Å². The molecule has 0 aliphatic heterocycles. The average Bonchev–Trinajstić information content (AvgIpc) is 2.22. The van der Waals surface area contributed by atoms with Crippen molar-refractivity contribution >= 4 is 0 Å². The summed E-state index contributed by atoms with van der Waals surface area (Å²) in [5.41, 5.74) is 0.00604. The summed E-state index contributed by atoms with van der Waals surface area (Å²) in [6.07, 6.45) is 3.25. The lowest BCUT2D eigenvalue weighted by Gasteiger charge is -2.33. The van der Waals surface area contributed by atoms with E-state index in [9.17, 15) is 5.11 Å². The van der Waals surface area contributed by atoms with E-state index in [0.29, 0.717) is 6.04 Å². The van der Waals surface area contributed by atoms with Crippen molar-refractivity contribution in [2.45, 2.75) is 73.0 Å². The molecule has 0 amide bonds. The molecule has 0 aliphatic carbocycles. The largest absolute Gasteiger partial charge is 0.393 e. The van der Waals surface area contributed by atoms with Crippen molar-refractivity contribution in [1.29, 1.82) is 0 Å². The maximum atomic E-state index is 9.76. The number of hydrogen-bond donors (Lipinski definition) is 2. The van der Waals surface area contributed by atoms with Crippen LogP contribution in [0.5, 0.6) is 0 Å². The van der Waals surface area contributed by atoms with Crippen LogP contribution < -0.4 is 5.32 Å². The Labute approximate surface area is 102 Å². The van der Waals surface area contributed by atoms with Gasteiger partial charge in [-0.2, -0.15) is 0 Å². The third kappa shape index (κ3) is 5.86. The number of hydrogen-bond acceptors (Lipinski definition) is 2. The van der Waals surface area contributed by atoms with E-state index in [2.05, 4.69) is 39.9 Å². The van der Waals surface area contributed by atoms with Gasteiger partial charge in [-0.15, -0.1) is 0 Å². The molecule has 3 unspecified atom stereocenters. The minimum Gasteiger partial charge on any atom is -0.393 e. The maximum Gasteiger partial charge on any atom is 0.0577 e. The van der Waals surface area contributed by atoms with Crippen molar-refractivity contribution in [3.63, 3.8) is 0 Å². The quantitative estimate of drug-likeness (QED) is 0.670. The first-order chi connectivity index (χ1) is 7.31. The summed E-state index contributed by atoms with van der Waals surface area (Å²) in [5, 5.41) is 13.3. The normalized spacial score (nSPS) is 19.5. The summed E-state index contributed by atoms with van der Waals surface area (Å²) in [6, 6.07) is 0.548. The summed E-state index contributed by atoms with van der Waals surface area (Å²) >= 11 is 0. The zero-order valence-electron chi connectivity index (χ0n) is 12.0. The SMILES string of the molecule is CCC(C)(CNC(C)CCC(C)C)C(C)O. The topological polar surface area (TPSA) is 32.3 Å². The highest BCUT2D eigenvalue weighted by molar-refractivity contribution is 4.81. The van der Waals surface area contributed by atoms with Gasteiger partial charge < -0.3 is 10.4 Å². The molecule has 0 radical (unpaired) electrons. The highest BCUT2D eigenvalue weighted by atomic mass is 16.3. The highest BCUT2D eigenvalue weighted by Gasteiger charge is 2.27. The first-order valence-electron chi connectivity index (χ1n) is 6.73. The zero-order valence-corrected chi connectivity index (χ0v) is 12.0. The number of rotatable bonds is 8. The fourth-order valence-corrected chi connectivity index (χ4v) is 1.66. The van der Waals surface area contributed by atoms with Crippen LogP contribution in [0.2, 0.25) is 0 Å². The number of aliphatic hydroxyl groups excluding tert-OH is 1. The Morgan fingerprint density at radius 3 is 2.06 bits per heavy atom. The molecule has 0 fully saturated rings. The van der Waals surface area contributed by atoms with Gasteiger partial charge in [0.05, 0.1) is 6.10 Å². The second-order valence-corrected chi connectivity index (χ2v) is 5.94. The van der Waals surface area contributed by atoms with Crippen LogP contribution in [0.4, 0.5) is 0 Å². The lowest BCUT2D eigenvalue weighted by atomic mass is 9.82. The van der Waals surface area contributed by atoms with Crippen LogP contribution in [-0.2, 0) is 0 Å². The first kappa shape index (κ1) is 15.9. The summed E-state index contributed by atoms with van der Waals surface area (Å²) in [6.45, 7) is 13.9. The van der Waals surface area contributed by atoms with Gasteiger partial charge in [-0.1, -0.05) is 27.7 Å². The molecule has 16 heavy (non-hydrogen) atoms. The fraction of sp³-hybridized carbons (Fsp3) is 1.00. The maximum absolute atomic E-state index is 9.76. The van der Waals surface area contributed by atoms with Crippen LogP contribution in [-0.4, -0.2) is 23.8 Å². The molecule has 98 valence electrons. The Morgan fingerprint density at radius 1 is 1.12 bits per heavy atom. The van der Waals surface area contributed by atoms with Crippen molar-refractivity contribution in [3.8, 4) is 0 Å². The van der Waals surface area contributed by atoms with Gasteiger partial charge in [0.2, 0.25) is 0 Å². The predicted octanol–water partition coefficient (Wildman–Crippen LogP) is 3.20. The van der Waals surface area contributed by atoms with E-state index in [0.717, 1.165) is 18.9 Å². The van der Waals surface area contributed by atoms with Crippen LogP contribution in [0.3, 0.4) is 0 Å². The summed E-state index contributed by atoms with van der Waals surface area (Å²) in [7, 11) is 0. The molecule has 0 aromatic heterocycles. The van der Waals surface area contributed by atoms with Gasteiger partial charge >= 0.3 is 0 Å². The molecular weight excluding hydrogens is 198 g/mol. The van der Waals surface area contributed by atoms with E-state index >= 15 is 0 Å². The van der Waals surface area contributed by atoms with E-state index in [4.69, 9.17) is 0 Å². The third-order valence-electron chi connectivity index (χ3n) is 3.85. The summed E-state index contributed by atoms with van der Waals surface area (Å²) in [5.74, 6) is 0.776. The molecule has 0 saturated carbocycles. The molecule has 2 heteroatoms. The van der Waals surface area contributed by atoms with Crippen molar-refractivity contribution in [2.24, 2.45) is 11.3 Å². The van der Waals surface area contributed by atoms with Crippen molar-refractivity contribution < 1.29 is 5.11 Å². The van der Waals surface area contributed by atoms with Gasteiger partial charge in [-0.3, -0.25) is 0 Å². The Balaban J connectivity index is 3.93. The third-order valence-corrected chi connectivity index (χ3v) is 3.85. The second-order valence-electron chi connectivity index (χ2n) is 5.94. The molecule has 0 bridgehead atoms. The molecular formula is C14H31NO. The van der Waals surface area contributed by atoms with Gasteiger partial charge in [-0.25, -0.2) is 0 Å². The lowest BCUT2D eigenvalue weighted by Crippen LogP contribution is -2.42. The predicted molar refractivity (Wildman–Crippen MR) is 71.6 cm³/mol. The molecule has 0 saturated heterocycles. The lowest BCUT2D eigenvalue weighted by molar-refractivity contribution is 0.0470. The van der Waals surface area contributed by atoms with Crippen LogP contribution in [0.25, 0.3) is 0 Å². The molecule has 0 aromatic rings. The molecule has 2 nitrogen and oxygen atoms in total. The molecule has 0 aliphatic rings. The molecule has 0 rings (SSSR count). The second kappa shape index (κ2) is 7.29. The van der Waals surface area contributed by atoms with Crippen LogP contribution in [0.15, 0.2) is 0 Å². The molecule has 0 heterocycles. The van der Waals surface area contributed by atoms with E-state index in [-0.39, 0.29) is 11.5 Å². The number of aliphatic hydroxyl groups is 1. The first-order valence-corrected chi connectivity index (χ1v) is 6.73. The molecule has 0 aromatic carbocycles. The Kier molecular flexibility index (Phi) is 7.25. The van der Waals surface area contributed by atoms with Gasteiger partial charge in [0.25, 0.3) is 0 Å². The van der Waals surface area contributed by atoms with Crippen LogP contribution >= 0.6 is 0 Å².